The normalized spacial score (nSPS) is 12.8. The number of alkyl halides is 1. The number of hydrogen-bond acceptors (Lipinski definition) is 1. The predicted molar refractivity (Wildman–Crippen MR) is 84.2 cm³/mol. The van der Waals surface area contributed by atoms with E-state index in [2.05, 4.69) is 47.7 Å². The Labute approximate surface area is 128 Å². The molecule has 3 aromatic rings. The Morgan fingerprint density at radius 3 is 2.57 bits per heavy atom. The highest BCUT2D eigenvalue weighted by Gasteiger charge is 2.17. The zero-order valence-corrected chi connectivity index (χ0v) is 12.7. The number of nitrogens with zero attached hydrogens (tertiary/aromatic N) is 2. The summed E-state index contributed by atoms with van der Waals surface area (Å²) in [5.41, 5.74) is 3.95. The Balaban J connectivity index is 2.16. The third kappa shape index (κ3) is 2.54. The molecular formula is C17H16ClFN2. The zero-order valence-electron chi connectivity index (χ0n) is 12.0. The molecule has 0 bridgehead atoms. The number of aromatic nitrogens is 2. The lowest BCUT2D eigenvalue weighted by atomic mass is 10.1. The van der Waals surface area contributed by atoms with Gasteiger partial charge < -0.3 is 4.57 Å². The van der Waals surface area contributed by atoms with E-state index in [9.17, 15) is 4.39 Å². The largest absolute Gasteiger partial charge is 0.320 e. The minimum Gasteiger partial charge on any atom is -0.320 e. The Morgan fingerprint density at radius 2 is 1.90 bits per heavy atom. The van der Waals surface area contributed by atoms with Crippen LogP contribution in [0.4, 0.5) is 4.39 Å². The first-order valence-electron chi connectivity index (χ1n) is 6.89. The van der Waals surface area contributed by atoms with Crippen LogP contribution in [0.2, 0.25) is 0 Å². The van der Waals surface area contributed by atoms with Crippen LogP contribution in [0.5, 0.6) is 0 Å². The maximum absolute atomic E-state index is 13.4. The maximum atomic E-state index is 13.4. The van der Waals surface area contributed by atoms with E-state index in [0.717, 1.165) is 11.3 Å². The molecule has 0 spiro atoms. The van der Waals surface area contributed by atoms with Crippen molar-refractivity contribution in [2.75, 3.05) is 0 Å². The quantitative estimate of drug-likeness (QED) is 0.634. The zero-order chi connectivity index (χ0) is 15.0. The van der Waals surface area contributed by atoms with E-state index in [1.807, 2.05) is 0 Å². The van der Waals surface area contributed by atoms with E-state index < -0.39 is 0 Å². The van der Waals surface area contributed by atoms with Crippen molar-refractivity contribution in [2.45, 2.75) is 25.8 Å². The number of rotatable bonds is 3. The summed E-state index contributed by atoms with van der Waals surface area (Å²) in [5, 5.41) is 0. The highest BCUT2D eigenvalue weighted by Crippen LogP contribution is 2.27. The van der Waals surface area contributed by atoms with Gasteiger partial charge in [-0.3, -0.25) is 0 Å². The second-order valence-electron chi connectivity index (χ2n) is 5.25. The van der Waals surface area contributed by atoms with Crippen LogP contribution in [0.25, 0.3) is 11.0 Å². The fraction of sp³-hybridized carbons (Fsp3) is 0.235. The van der Waals surface area contributed by atoms with Gasteiger partial charge in [0.25, 0.3) is 0 Å². The molecule has 1 unspecified atom stereocenters. The first-order chi connectivity index (χ1) is 10.1. The lowest BCUT2D eigenvalue weighted by molar-refractivity contribution is 0.626. The molecule has 0 amide bonds. The molecular weight excluding hydrogens is 287 g/mol. The summed E-state index contributed by atoms with van der Waals surface area (Å²) in [6.07, 6.45) is 0. The molecule has 0 aliphatic heterocycles. The van der Waals surface area contributed by atoms with Crippen LogP contribution < -0.4 is 0 Å². The molecule has 21 heavy (non-hydrogen) atoms. The van der Waals surface area contributed by atoms with E-state index in [1.54, 1.807) is 6.07 Å². The van der Waals surface area contributed by atoms with Crippen molar-refractivity contribution in [3.05, 3.63) is 65.2 Å². The molecule has 1 atom stereocenters. The average molecular weight is 303 g/mol. The SMILES string of the molecule is Cc1ccc(C(C)n2c(CCl)nc3cc(F)ccc32)cc1. The topological polar surface area (TPSA) is 17.8 Å². The molecule has 2 nitrogen and oxygen atoms in total. The molecule has 0 aliphatic carbocycles. The van der Waals surface area contributed by atoms with Gasteiger partial charge in [-0.25, -0.2) is 9.37 Å². The Bertz CT molecular complexity index is 777. The third-order valence-corrected chi connectivity index (χ3v) is 4.03. The molecule has 4 heteroatoms. The number of aryl methyl sites for hydroxylation is 1. The first-order valence-corrected chi connectivity index (χ1v) is 7.42. The monoisotopic (exact) mass is 302 g/mol. The fourth-order valence-electron chi connectivity index (χ4n) is 2.64. The number of halogens is 2. The number of benzene rings is 2. The highest BCUT2D eigenvalue weighted by atomic mass is 35.5. The Morgan fingerprint density at radius 1 is 1.19 bits per heavy atom. The summed E-state index contributed by atoms with van der Waals surface area (Å²) in [7, 11) is 0. The smallest absolute Gasteiger partial charge is 0.125 e. The van der Waals surface area contributed by atoms with E-state index >= 15 is 0 Å². The average Bonchev–Trinajstić information content (AvgIpc) is 2.84. The molecule has 0 N–H and O–H groups in total. The number of imidazole rings is 1. The minimum atomic E-state index is -0.281. The third-order valence-electron chi connectivity index (χ3n) is 3.79. The van der Waals surface area contributed by atoms with E-state index in [-0.39, 0.29) is 11.9 Å². The van der Waals surface area contributed by atoms with Gasteiger partial charge in [0, 0.05) is 6.07 Å². The standard InChI is InChI=1S/C17H16ClFN2/c1-11-3-5-13(6-4-11)12(2)21-16-8-7-14(19)9-15(16)20-17(21)10-18/h3-9,12H,10H2,1-2H3. The predicted octanol–water partition coefficient (Wildman–Crippen LogP) is 4.83. The maximum Gasteiger partial charge on any atom is 0.125 e. The Hall–Kier alpha value is -1.87. The van der Waals surface area contributed by atoms with E-state index in [4.69, 9.17) is 11.6 Å². The van der Waals surface area contributed by atoms with E-state index in [1.165, 1.54) is 23.3 Å². The number of fused-ring (bicyclic) bond motifs is 1. The highest BCUT2D eigenvalue weighted by molar-refractivity contribution is 6.16. The summed E-state index contributed by atoms with van der Waals surface area (Å²) < 4.78 is 15.4. The summed E-state index contributed by atoms with van der Waals surface area (Å²) >= 11 is 6.02. The van der Waals surface area contributed by atoms with Gasteiger partial charge in [-0.05, 0) is 31.5 Å². The second kappa shape index (κ2) is 5.49. The van der Waals surface area contributed by atoms with E-state index in [0.29, 0.717) is 11.4 Å². The molecule has 0 saturated heterocycles. The second-order valence-corrected chi connectivity index (χ2v) is 5.52. The van der Waals surface area contributed by atoms with Gasteiger partial charge in [-0.1, -0.05) is 29.8 Å². The Kier molecular flexibility index (Phi) is 3.68. The van der Waals surface area contributed by atoms with Gasteiger partial charge in [0.15, 0.2) is 0 Å². The van der Waals surface area contributed by atoms with Crippen LogP contribution >= 0.6 is 11.6 Å². The molecule has 0 saturated carbocycles. The van der Waals surface area contributed by atoms with Crippen LogP contribution in [0, 0.1) is 12.7 Å². The van der Waals surface area contributed by atoms with Crippen LogP contribution in [-0.4, -0.2) is 9.55 Å². The van der Waals surface area contributed by atoms with Crippen LogP contribution in [0.15, 0.2) is 42.5 Å². The molecule has 0 fully saturated rings. The molecule has 0 radical (unpaired) electrons. The van der Waals surface area contributed by atoms with Crippen molar-refractivity contribution in [2.24, 2.45) is 0 Å². The van der Waals surface area contributed by atoms with Gasteiger partial charge >= 0.3 is 0 Å². The molecule has 0 aliphatic rings. The summed E-state index contributed by atoms with van der Waals surface area (Å²) in [5.74, 6) is 0.772. The lowest BCUT2D eigenvalue weighted by Crippen LogP contribution is -2.09. The molecule has 1 heterocycles. The molecule has 108 valence electrons. The van der Waals surface area contributed by atoms with Gasteiger partial charge in [0.05, 0.1) is 23.0 Å². The number of hydrogen-bond donors (Lipinski definition) is 0. The van der Waals surface area contributed by atoms with Crippen LogP contribution in [0.3, 0.4) is 0 Å². The first kappa shape index (κ1) is 14.1. The minimum absolute atomic E-state index is 0.0924. The summed E-state index contributed by atoms with van der Waals surface area (Å²) in [6.45, 7) is 4.17. The van der Waals surface area contributed by atoms with Gasteiger partial charge in [-0.2, -0.15) is 0 Å². The molecule has 1 aromatic heterocycles. The van der Waals surface area contributed by atoms with Gasteiger partial charge in [-0.15, -0.1) is 11.6 Å². The van der Waals surface area contributed by atoms with Crippen molar-refractivity contribution in [1.82, 2.24) is 9.55 Å². The fourth-order valence-corrected chi connectivity index (χ4v) is 2.83. The summed E-state index contributed by atoms with van der Waals surface area (Å²) in [4.78, 5) is 4.45. The van der Waals surface area contributed by atoms with Crippen molar-refractivity contribution in [3.63, 3.8) is 0 Å². The van der Waals surface area contributed by atoms with Crippen molar-refractivity contribution >= 4 is 22.6 Å². The molecule has 3 rings (SSSR count). The van der Waals surface area contributed by atoms with Gasteiger partial charge in [0.2, 0.25) is 0 Å². The van der Waals surface area contributed by atoms with Crippen LogP contribution in [0.1, 0.15) is 29.9 Å². The van der Waals surface area contributed by atoms with Crippen molar-refractivity contribution in [3.8, 4) is 0 Å². The van der Waals surface area contributed by atoms with Crippen molar-refractivity contribution < 1.29 is 4.39 Å². The van der Waals surface area contributed by atoms with Gasteiger partial charge in [0.1, 0.15) is 11.6 Å². The van der Waals surface area contributed by atoms with Crippen molar-refractivity contribution in [1.29, 1.82) is 0 Å². The molecule has 2 aromatic carbocycles. The van der Waals surface area contributed by atoms with Crippen LogP contribution in [-0.2, 0) is 5.88 Å². The lowest BCUT2D eigenvalue weighted by Gasteiger charge is -2.17. The summed E-state index contributed by atoms with van der Waals surface area (Å²) in [6, 6.07) is 13.1.